The van der Waals surface area contributed by atoms with Crippen LogP contribution in [-0.2, 0) is 4.79 Å². The number of hydrogen-bond donors (Lipinski definition) is 2. The van der Waals surface area contributed by atoms with Gasteiger partial charge in [-0.05, 0) is 31.4 Å². The first-order valence-corrected chi connectivity index (χ1v) is 6.82. The van der Waals surface area contributed by atoms with E-state index in [1.54, 1.807) is 12.4 Å². The summed E-state index contributed by atoms with van der Waals surface area (Å²) in [4.78, 5) is 18.2. The maximum absolute atomic E-state index is 12.0. The summed E-state index contributed by atoms with van der Waals surface area (Å²) >= 11 is 0. The van der Waals surface area contributed by atoms with Gasteiger partial charge in [0.15, 0.2) is 0 Å². The zero-order chi connectivity index (χ0) is 13.7. The van der Waals surface area contributed by atoms with Gasteiger partial charge in [-0.25, -0.2) is 0 Å². The zero-order valence-electron chi connectivity index (χ0n) is 11.4. The quantitative estimate of drug-likeness (QED) is 0.837. The first-order chi connectivity index (χ1) is 9.15. The van der Waals surface area contributed by atoms with E-state index in [1.807, 2.05) is 19.1 Å². The molecule has 1 atom stereocenters. The summed E-state index contributed by atoms with van der Waals surface area (Å²) in [7, 11) is 0. The van der Waals surface area contributed by atoms with Crippen LogP contribution in [0.3, 0.4) is 0 Å². The van der Waals surface area contributed by atoms with Crippen molar-refractivity contribution in [1.82, 2.24) is 15.2 Å². The van der Waals surface area contributed by atoms with E-state index in [2.05, 4.69) is 15.2 Å². The molecule has 1 aromatic rings. The van der Waals surface area contributed by atoms with E-state index in [0.717, 1.165) is 31.5 Å². The van der Waals surface area contributed by atoms with E-state index in [0.29, 0.717) is 12.6 Å². The van der Waals surface area contributed by atoms with Crippen molar-refractivity contribution in [3.8, 4) is 0 Å². The summed E-state index contributed by atoms with van der Waals surface area (Å²) in [5.41, 5.74) is 6.87. The van der Waals surface area contributed by atoms with Gasteiger partial charge in [0.1, 0.15) is 0 Å². The highest BCUT2D eigenvalue weighted by molar-refractivity contribution is 5.78. The molecule has 0 radical (unpaired) electrons. The molecular weight excluding hydrogens is 240 g/mol. The lowest BCUT2D eigenvalue weighted by Gasteiger charge is -2.29. The van der Waals surface area contributed by atoms with Crippen LogP contribution < -0.4 is 11.1 Å². The van der Waals surface area contributed by atoms with Crippen molar-refractivity contribution in [2.24, 2.45) is 5.73 Å². The summed E-state index contributed by atoms with van der Waals surface area (Å²) < 4.78 is 0. The Kier molecular flexibility index (Phi) is 4.87. The third-order valence-electron chi connectivity index (χ3n) is 3.56. The van der Waals surface area contributed by atoms with E-state index in [9.17, 15) is 4.79 Å². The van der Waals surface area contributed by atoms with Gasteiger partial charge in [-0.15, -0.1) is 0 Å². The predicted molar refractivity (Wildman–Crippen MR) is 74.4 cm³/mol. The van der Waals surface area contributed by atoms with Crippen molar-refractivity contribution in [2.75, 3.05) is 19.6 Å². The van der Waals surface area contributed by atoms with Gasteiger partial charge in [0.05, 0.1) is 12.6 Å². The molecule has 3 N–H and O–H groups in total. The average Bonchev–Trinajstić information content (AvgIpc) is 2.42. The van der Waals surface area contributed by atoms with Gasteiger partial charge >= 0.3 is 0 Å². The van der Waals surface area contributed by atoms with Gasteiger partial charge < -0.3 is 11.1 Å². The van der Waals surface area contributed by atoms with Crippen molar-refractivity contribution in [2.45, 2.75) is 31.8 Å². The van der Waals surface area contributed by atoms with Gasteiger partial charge in [0, 0.05) is 31.5 Å². The van der Waals surface area contributed by atoms with Crippen LogP contribution in [0.4, 0.5) is 0 Å². The monoisotopic (exact) mass is 262 g/mol. The van der Waals surface area contributed by atoms with Crippen LogP contribution in [0.25, 0.3) is 0 Å². The summed E-state index contributed by atoms with van der Waals surface area (Å²) in [6, 6.07) is 4.14. The second-order valence-electron chi connectivity index (χ2n) is 5.19. The van der Waals surface area contributed by atoms with Crippen molar-refractivity contribution in [3.63, 3.8) is 0 Å². The zero-order valence-corrected chi connectivity index (χ0v) is 11.4. The molecular formula is C14H22N4O. The molecule has 5 heteroatoms. The minimum Gasteiger partial charge on any atom is -0.348 e. The van der Waals surface area contributed by atoms with E-state index in [-0.39, 0.29) is 11.9 Å². The maximum atomic E-state index is 12.0. The number of nitrogens with one attached hydrogen (secondary N) is 1. The highest BCUT2D eigenvalue weighted by Crippen LogP contribution is 2.11. The van der Waals surface area contributed by atoms with Crippen LogP contribution >= 0.6 is 0 Å². The maximum Gasteiger partial charge on any atom is 0.234 e. The molecule has 1 saturated heterocycles. The van der Waals surface area contributed by atoms with Gasteiger partial charge in [0.2, 0.25) is 5.91 Å². The molecule has 1 unspecified atom stereocenters. The first-order valence-electron chi connectivity index (χ1n) is 6.82. The molecule has 2 heterocycles. The molecule has 0 aliphatic carbocycles. The fourth-order valence-electron chi connectivity index (χ4n) is 2.32. The Morgan fingerprint density at radius 3 is 2.95 bits per heavy atom. The molecule has 0 spiro atoms. The second kappa shape index (κ2) is 6.63. The SMILES string of the molecule is CC(NC(=O)CN1CCC(N)CC1)c1cccnc1. The third kappa shape index (κ3) is 4.29. The molecule has 1 aliphatic heterocycles. The summed E-state index contributed by atoms with van der Waals surface area (Å²) in [5, 5.41) is 3.00. The number of nitrogens with zero attached hydrogens (tertiary/aromatic N) is 2. The highest BCUT2D eigenvalue weighted by Gasteiger charge is 2.19. The first kappa shape index (κ1) is 14.0. The minimum absolute atomic E-state index is 0.00625. The van der Waals surface area contributed by atoms with Gasteiger partial charge in [-0.1, -0.05) is 6.07 Å². The number of piperidine rings is 1. The minimum atomic E-state index is -0.00625. The van der Waals surface area contributed by atoms with Crippen LogP contribution in [0.5, 0.6) is 0 Å². The predicted octanol–water partition coefficient (Wildman–Crippen LogP) is 0.682. The molecule has 0 saturated carbocycles. The number of amides is 1. The molecule has 1 aliphatic rings. The van der Waals surface area contributed by atoms with Crippen LogP contribution in [0, 0.1) is 0 Å². The number of hydrogen-bond acceptors (Lipinski definition) is 4. The summed E-state index contributed by atoms with van der Waals surface area (Å²) in [6.07, 6.45) is 5.47. The fraction of sp³-hybridized carbons (Fsp3) is 0.571. The third-order valence-corrected chi connectivity index (χ3v) is 3.56. The fourth-order valence-corrected chi connectivity index (χ4v) is 2.32. The largest absolute Gasteiger partial charge is 0.348 e. The van der Waals surface area contributed by atoms with Gasteiger partial charge in [0.25, 0.3) is 0 Å². The topological polar surface area (TPSA) is 71.2 Å². The molecule has 5 nitrogen and oxygen atoms in total. The smallest absolute Gasteiger partial charge is 0.234 e. The normalized spacial score (nSPS) is 19.1. The number of pyridine rings is 1. The number of likely N-dealkylation sites (tertiary alicyclic amines) is 1. The Morgan fingerprint density at radius 2 is 2.32 bits per heavy atom. The van der Waals surface area contributed by atoms with Crippen molar-refractivity contribution < 1.29 is 4.79 Å². The van der Waals surface area contributed by atoms with E-state index >= 15 is 0 Å². The molecule has 1 aromatic heterocycles. The van der Waals surface area contributed by atoms with Crippen LogP contribution in [-0.4, -0.2) is 41.5 Å². The van der Waals surface area contributed by atoms with Crippen molar-refractivity contribution >= 4 is 5.91 Å². The number of aromatic nitrogens is 1. The Hall–Kier alpha value is -1.46. The molecule has 0 bridgehead atoms. The van der Waals surface area contributed by atoms with Crippen molar-refractivity contribution in [1.29, 1.82) is 0 Å². The molecule has 19 heavy (non-hydrogen) atoms. The lowest BCUT2D eigenvalue weighted by molar-refractivity contribution is -0.123. The summed E-state index contributed by atoms with van der Waals surface area (Å²) in [5.74, 6) is 0.0619. The number of rotatable bonds is 4. The average molecular weight is 262 g/mol. The van der Waals surface area contributed by atoms with E-state index in [1.165, 1.54) is 0 Å². The highest BCUT2D eigenvalue weighted by atomic mass is 16.2. The lowest BCUT2D eigenvalue weighted by atomic mass is 10.1. The number of nitrogens with two attached hydrogens (primary N) is 1. The molecule has 1 fully saturated rings. The number of carbonyl (C=O) groups excluding carboxylic acids is 1. The lowest BCUT2D eigenvalue weighted by Crippen LogP contribution is -2.44. The molecule has 0 aromatic carbocycles. The van der Waals surface area contributed by atoms with Crippen molar-refractivity contribution in [3.05, 3.63) is 30.1 Å². The van der Waals surface area contributed by atoms with E-state index in [4.69, 9.17) is 5.73 Å². The summed E-state index contributed by atoms with van der Waals surface area (Å²) in [6.45, 7) is 4.25. The van der Waals surface area contributed by atoms with Crippen LogP contribution in [0.15, 0.2) is 24.5 Å². The number of carbonyl (C=O) groups is 1. The van der Waals surface area contributed by atoms with Crippen LogP contribution in [0.2, 0.25) is 0 Å². The standard InChI is InChI=1S/C14H22N4O/c1-11(12-3-2-6-16-9-12)17-14(19)10-18-7-4-13(15)5-8-18/h2-3,6,9,11,13H,4-5,7-8,10,15H2,1H3,(H,17,19). The Bertz CT molecular complexity index is 401. The second-order valence-corrected chi connectivity index (χ2v) is 5.19. The molecule has 2 rings (SSSR count). The molecule has 1 amide bonds. The molecule has 104 valence electrons. The van der Waals surface area contributed by atoms with Gasteiger partial charge in [-0.3, -0.25) is 14.7 Å². The van der Waals surface area contributed by atoms with Crippen LogP contribution in [0.1, 0.15) is 31.4 Å². The Balaban J connectivity index is 1.78. The van der Waals surface area contributed by atoms with Gasteiger partial charge in [-0.2, -0.15) is 0 Å². The Labute approximate surface area is 114 Å². The Morgan fingerprint density at radius 1 is 1.58 bits per heavy atom. The van der Waals surface area contributed by atoms with E-state index < -0.39 is 0 Å².